The van der Waals surface area contributed by atoms with E-state index in [1.54, 1.807) is 0 Å². The van der Waals surface area contributed by atoms with Gasteiger partial charge in [-0.25, -0.2) is 17.9 Å². The van der Waals surface area contributed by atoms with Crippen LogP contribution in [-0.2, 0) is 28.2 Å². The third-order valence-electron chi connectivity index (χ3n) is 3.83. The van der Waals surface area contributed by atoms with E-state index in [-0.39, 0.29) is 22.1 Å². The molecule has 0 aliphatic carbocycles. The Balaban J connectivity index is 1.99. The summed E-state index contributed by atoms with van der Waals surface area (Å²) in [6, 6.07) is 18.2. The minimum atomic E-state index is -3.95. The number of hydrogen-bond donors (Lipinski definition) is 0. The summed E-state index contributed by atoms with van der Waals surface area (Å²) in [5.74, 6) is -0.381. The maximum absolute atomic E-state index is 13.1. The lowest BCUT2D eigenvalue weighted by atomic mass is 10.2. The highest BCUT2D eigenvalue weighted by atomic mass is 32.2. The molecule has 0 saturated heterocycles. The van der Waals surface area contributed by atoms with Gasteiger partial charge in [-0.1, -0.05) is 36.4 Å². The van der Waals surface area contributed by atoms with Crippen molar-refractivity contribution in [3.05, 3.63) is 89.7 Å². The molecule has 0 fully saturated rings. The number of benzene rings is 3. The van der Waals surface area contributed by atoms with Gasteiger partial charge in [0.15, 0.2) is 0 Å². The molecule has 0 N–H and O–H groups in total. The van der Waals surface area contributed by atoms with Gasteiger partial charge in [-0.2, -0.15) is 0 Å². The van der Waals surface area contributed by atoms with E-state index >= 15 is 0 Å². The molecule has 0 aromatic heterocycles. The van der Waals surface area contributed by atoms with Crippen molar-refractivity contribution in [2.24, 2.45) is 0 Å². The molecule has 0 heterocycles. The normalized spacial score (nSPS) is 11.3. The molecule has 1 radical (unpaired) electrons. The monoisotopic (exact) mass is 371 g/mol. The Hall–Kier alpha value is -2.70. The standard InChI is InChI=1S/C20H16FO4S/c21-17-7-9-18(10-8-17)26(23,24)20-12-16(13-22)6-11-19(20)25-14-15-4-2-1-3-5-15/h1-12H,13-14H2. The fraction of sp³-hybridized carbons (Fsp3) is 0.100. The third-order valence-corrected chi connectivity index (χ3v) is 5.62. The average Bonchev–Trinajstić information content (AvgIpc) is 2.67. The summed E-state index contributed by atoms with van der Waals surface area (Å²) < 4.78 is 44.7. The van der Waals surface area contributed by atoms with Crippen molar-refractivity contribution in [1.29, 1.82) is 0 Å². The summed E-state index contributed by atoms with van der Waals surface area (Å²) in [6.45, 7) is -0.367. The Kier molecular flexibility index (Phi) is 5.35. The molecular formula is C20H16FO4S. The van der Waals surface area contributed by atoms with Crippen molar-refractivity contribution in [2.45, 2.75) is 23.0 Å². The Labute approximate surface area is 151 Å². The van der Waals surface area contributed by atoms with E-state index in [0.29, 0.717) is 5.56 Å². The van der Waals surface area contributed by atoms with E-state index in [4.69, 9.17) is 4.74 Å². The lowest BCUT2D eigenvalue weighted by molar-refractivity contribution is 0.177. The summed E-state index contributed by atoms with van der Waals surface area (Å²) in [5.41, 5.74) is 1.21. The second-order valence-electron chi connectivity index (χ2n) is 5.66. The van der Waals surface area contributed by atoms with Crippen LogP contribution < -0.4 is 4.74 Å². The van der Waals surface area contributed by atoms with Crippen LogP contribution in [-0.4, -0.2) is 8.42 Å². The van der Waals surface area contributed by atoms with Crippen molar-refractivity contribution in [3.63, 3.8) is 0 Å². The van der Waals surface area contributed by atoms with E-state index in [2.05, 4.69) is 0 Å². The zero-order chi connectivity index (χ0) is 18.6. The topological polar surface area (TPSA) is 63.3 Å². The lowest BCUT2D eigenvalue weighted by Gasteiger charge is -2.13. The molecule has 0 bridgehead atoms. The summed E-state index contributed by atoms with van der Waals surface area (Å²) in [6.07, 6.45) is 0. The van der Waals surface area contributed by atoms with E-state index in [1.807, 2.05) is 30.3 Å². The van der Waals surface area contributed by atoms with Gasteiger partial charge in [-0.3, -0.25) is 0 Å². The summed E-state index contributed by atoms with van der Waals surface area (Å²) >= 11 is 0. The van der Waals surface area contributed by atoms with Crippen molar-refractivity contribution in [2.75, 3.05) is 0 Å². The van der Waals surface area contributed by atoms with Crippen molar-refractivity contribution in [3.8, 4) is 5.75 Å². The van der Waals surface area contributed by atoms with Crippen LogP contribution in [0.3, 0.4) is 0 Å². The van der Waals surface area contributed by atoms with Crippen LogP contribution in [0, 0.1) is 5.82 Å². The van der Waals surface area contributed by atoms with Gasteiger partial charge in [0.1, 0.15) is 29.7 Å². The Bertz CT molecular complexity index is 984. The molecule has 0 unspecified atom stereocenters. The van der Waals surface area contributed by atoms with Crippen LogP contribution in [0.4, 0.5) is 4.39 Å². The molecule has 0 spiro atoms. The van der Waals surface area contributed by atoms with E-state index in [0.717, 1.165) is 17.7 Å². The third kappa shape index (κ3) is 3.92. The van der Waals surface area contributed by atoms with Crippen LogP contribution in [0.5, 0.6) is 5.75 Å². The second kappa shape index (κ2) is 7.68. The molecule has 0 aliphatic rings. The molecule has 0 amide bonds. The van der Waals surface area contributed by atoms with Gasteiger partial charge in [0.25, 0.3) is 0 Å². The minimum absolute atomic E-state index is 0.0634. The predicted molar refractivity (Wildman–Crippen MR) is 93.5 cm³/mol. The first-order valence-corrected chi connectivity index (χ1v) is 9.37. The van der Waals surface area contributed by atoms with Gasteiger partial charge in [0.2, 0.25) is 9.84 Å². The molecule has 3 rings (SSSR count). The van der Waals surface area contributed by atoms with Gasteiger partial charge in [-0.15, -0.1) is 0 Å². The van der Waals surface area contributed by atoms with Gasteiger partial charge in [0, 0.05) is 0 Å². The van der Waals surface area contributed by atoms with Crippen LogP contribution >= 0.6 is 0 Å². The van der Waals surface area contributed by atoms with Crippen molar-refractivity contribution < 1.29 is 22.7 Å². The molecule has 3 aromatic carbocycles. The highest BCUT2D eigenvalue weighted by Crippen LogP contribution is 2.31. The minimum Gasteiger partial charge on any atom is -0.488 e. The van der Waals surface area contributed by atoms with E-state index in [1.165, 1.54) is 30.3 Å². The van der Waals surface area contributed by atoms with Crippen molar-refractivity contribution >= 4 is 9.84 Å². The Morgan fingerprint density at radius 3 is 2.19 bits per heavy atom. The molecule has 6 heteroatoms. The maximum Gasteiger partial charge on any atom is 0.210 e. The zero-order valence-electron chi connectivity index (χ0n) is 13.8. The molecule has 0 aliphatic heterocycles. The summed E-state index contributed by atoms with van der Waals surface area (Å²) in [7, 11) is -3.95. The highest BCUT2D eigenvalue weighted by molar-refractivity contribution is 7.91. The molecule has 133 valence electrons. The summed E-state index contributed by atoms with van der Waals surface area (Å²) in [5, 5.41) is 11.2. The molecule has 0 saturated carbocycles. The Morgan fingerprint density at radius 2 is 1.54 bits per heavy atom. The summed E-state index contributed by atoms with van der Waals surface area (Å²) in [4.78, 5) is -0.167. The van der Waals surface area contributed by atoms with Gasteiger partial charge >= 0.3 is 0 Å². The quantitative estimate of drug-likeness (QED) is 0.611. The first-order valence-electron chi connectivity index (χ1n) is 7.89. The number of rotatable bonds is 6. The predicted octanol–water partition coefficient (Wildman–Crippen LogP) is 4.17. The fourth-order valence-electron chi connectivity index (χ4n) is 2.45. The van der Waals surface area contributed by atoms with Gasteiger partial charge < -0.3 is 4.74 Å². The van der Waals surface area contributed by atoms with Gasteiger partial charge in [-0.05, 0) is 47.5 Å². The number of halogens is 1. The lowest BCUT2D eigenvalue weighted by Crippen LogP contribution is -2.07. The van der Waals surface area contributed by atoms with Crippen molar-refractivity contribution in [1.82, 2.24) is 0 Å². The number of ether oxygens (including phenoxy) is 1. The van der Waals surface area contributed by atoms with Gasteiger partial charge in [0.05, 0.1) is 4.90 Å². The van der Waals surface area contributed by atoms with E-state index < -0.39 is 22.3 Å². The number of hydrogen-bond acceptors (Lipinski definition) is 3. The average molecular weight is 371 g/mol. The SMILES string of the molecule is [O]Cc1ccc(OCc2ccccc2)c(S(=O)(=O)c2ccc(F)cc2)c1. The maximum atomic E-state index is 13.1. The molecule has 4 nitrogen and oxygen atoms in total. The zero-order valence-corrected chi connectivity index (χ0v) is 14.6. The first-order chi connectivity index (χ1) is 12.5. The van der Waals surface area contributed by atoms with Crippen LogP contribution in [0.25, 0.3) is 0 Å². The molecular weight excluding hydrogens is 355 g/mol. The Morgan fingerprint density at radius 1 is 0.846 bits per heavy atom. The molecule has 0 atom stereocenters. The molecule has 3 aromatic rings. The highest BCUT2D eigenvalue weighted by Gasteiger charge is 2.23. The van der Waals surface area contributed by atoms with Crippen LogP contribution in [0.15, 0.2) is 82.6 Å². The fourth-order valence-corrected chi connectivity index (χ4v) is 3.89. The van der Waals surface area contributed by atoms with Crippen LogP contribution in [0.2, 0.25) is 0 Å². The van der Waals surface area contributed by atoms with Crippen LogP contribution in [0.1, 0.15) is 11.1 Å². The second-order valence-corrected chi connectivity index (χ2v) is 7.58. The first kappa shape index (κ1) is 18.1. The number of sulfone groups is 1. The largest absolute Gasteiger partial charge is 0.488 e. The van der Waals surface area contributed by atoms with E-state index in [9.17, 15) is 17.9 Å². The smallest absolute Gasteiger partial charge is 0.210 e. The molecule has 26 heavy (non-hydrogen) atoms.